The fourth-order valence-electron chi connectivity index (χ4n) is 5.46. The second-order valence-corrected chi connectivity index (χ2v) is 10.2. The molecule has 1 unspecified atom stereocenters. The zero-order valence-electron chi connectivity index (χ0n) is 24.0. The minimum Gasteiger partial charge on any atom is -0.507 e. The standard InChI is InChI=1S/C33H36N2O7/c1-39-27-11-6-10-26(32(27)40-2)29-28(31(37)33(38)35(29)17-7-16-34-18-20-41-21-19-34)30(36)24-12-14-25(15-13-24)42-22-23-8-4-3-5-9-23/h3-6,8-15,29,36H,7,16-22H2,1-2H3/b30-28+. The summed E-state index contributed by atoms with van der Waals surface area (Å²) >= 11 is 0. The predicted octanol–water partition coefficient (Wildman–Crippen LogP) is 4.43. The Morgan fingerprint density at radius 2 is 1.64 bits per heavy atom. The van der Waals surface area contributed by atoms with E-state index in [2.05, 4.69) is 4.90 Å². The molecule has 3 aromatic carbocycles. The molecule has 2 fully saturated rings. The highest BCUT2D eigenvalue weighted by atomic mass is 16.5. The van der Waals surface area contributed by atoms with Crippen LogP contribution in [-0.4, -0.2) is 80.2 Å². The molecule has 1 N–H and O–H groups in total. The summed E-state index contributed by atoms with van der Waals surface area (Å²) in [5.74, 6) is -0.165. The fourth-order valence-corrected chi connectivity index (χ4v) is 5.46. The van der Waals surface area contributed by atoms with E-state index in [-0.39, 0.29) is 11.3 Å². The predicted molar refractivity (Wildman–Crippen MR) is 158 cm³/mol. The van der Waals surface area contributed by atoms with Crippen LogP contribution in [0.3, 0.4) is 0 Å². The lowest BCUT2D eigenvalue weighted by Crippen LogP contribution is -2.39. The molecule has 0 aromatic heterocycles. The van der Waals surface area contributed by atoms with Gasteiger partial charge >= 0.3 is 0 Å². The number of nitrogens with zero attached hydrogens (tertiary/aromatic N) is 2. The molecule has 0 saturated carbocycles. The Bertz CT molecular complexity index is 1420. The number of hydrogen-bond acceptors (Lipinski definition) is 8. The van der Waals surface area contributed by atoms with Crippen LogP contribution in [0, 0.1) is 0 Å². The molecule has 1 atom stereocenters. The van der Waals surface area contributed by atoms with Crippen molar-refractivity contribution in [1.82, 2.24) is 9.80 Å². The number of carbonyl (C=O) groups is 2. The molecule has 1 amide bonds. The van der Waals surface area contributed by atoms with E-state index in [1.807, 2.05) is 30.3 Å². The first-order valence-corrected chi connectivity index (χ1v) is 14.1. The first kappa shape index (κ1) is 29.2. The lowest BCUT2D eigenvalue weighted by Gasteiger charge is -2.30. The third-order valence-electron chi connectivity index (χ3n) is 7.62. The maximum atomic E-state index is 13.5. The Hall–Kier alpha value is -4.34. The molecule has 2 saturated heterocycles. The molecule has 0 spiro atoms. The highest BCUT2D eigenvalue weighted by Crippen LogP contribution is 2.45. The van der Waals surface area contributed by atoms with E-state index < -0.39 is 17.7 Å². The molecule has 42 heavy (non-hydrogen) atoms. The van der Waals surface area contributed by atoms with Crippen molar-refractivity contribution in [1.29, 1.82) is 0 Å². The van der Waals surface area contributed by atoms with Gasteiger partial charge in [-0.2, -0.15) is 0 Å². The van der Waals surface area contributed by atoms with Crippen LogP contribution < -0.4 is 14.2 Å². The molecule has 9 nitrogen and oxygen atoms in total. The van der Waals surface area contributed by atoms with Crippen molar-refractivity contribution in [3.63, 3.8) is 0 Å². The minimum absolute atomic E-state index is 0.0101. The number of aliphatic hydroxyl groups excluding tert-OH is 1. The number of amides is 1. The third-order valence-corrected chi connectivity index (χ3v) is 7.62. The molecule has 0 aliphatic carbocycles. The van der Waals surface area contributed by atoms with Gasteiger partial charge in [0.2, 0.25) is 0 Å². The molecule has 2 aliphatic rings. The first-order chi connectivity index (χ1) is 20.5. The maximum Gasteiger partial charge on any atom is 0.295 e. The van der Waals surface area contributed by atoms with E-state index in [9.17, 15) is 14.7 Å². The molecule has 0 radical (unpaired) electrons. The Balaban J connectivity index is 1.46. The van der Waals surface area contributed by atoms with Crippen LogP contribution in [0.2, 0.25) is 0 Å². The van der Waals surface area contributed by atoms with Crippen molar-refractivity contribution >= 4 is 17.4 Å². The van der Waals surface area contributed by atoms with Gasteiger partial charge in [-0.3, -0.25) is 14.5 Å². The van der Waals surface area contributed by atoms with Crippen LogP contribution >= 0.6 is 0 Å². The number of likely N-dealkylation sites (tertiary alicyclic amines) is 1. The zero-order chi connectivity index (χ0) is 29.5. The smallest absolute Gasteiger partial charge is 0.295 e. The fraction of sp³-hybridized carbons (Fsp3) is 0.333. The van der Waals surface area contributed by atoms with Gasteiger partial charge in [-0.05, 0) is 42.3 Å². The molecule has 220 valence electrons. The van der Waals surface area contributed by atoms with Crippen molar-refractivity contribution in [3.8, 4) is 17.2 Å². The molecule has 3 aromatic rings. The number of carbonyl (C=O) groups excluding carboxylic acids is 2. The highest BCUT2D eigenvalue weighted by Gasteiger charge is 2.47. The van der Waals surface area contributed by atoms with Crippen LogP contribution in [0.25, 0.3) is 5.76 Å². The molecular formula is C33H36N2O7. The highest BCUT2D eigenvalue weighted by molar-refractivity contribution is 6.46. The van der Waals surface area contributed by atoms with Gasteiger partial charge in [0, 0.05) is 37.3 Å². The number of benzene rings is 3. The number of hydrogen-bond donors (Lipinski definition) is 1. The zero-order valence-corrected chi connectivity index (χ0v) is 24.0. The largest absolute Gasteiger partial charge is 0.507 e. The van der Waals surface area contributed by atoms with Crippen LogP contribution in [0.1, 0.15) is 29.2 Å². The number of rotatable bonds is 11. The number of aliphatic hydroxyl groups is 1. The van der Waals surface area contributed by atoms with E-state index in [0.717, 1.165) is 25.2 Å². The number of ether oxygens (including phenoxy) is 4. The van der Waals surface area contributed by atoms with Crippen molar-refractivity contribution in [2.45, 2.75) is 19.1 Å². The average molecular weight is 573 g/mol. The van der Waals surface area contributed by atoms with Gasteiger partial charge in [0.15, 0.2) is 11.5 Å². The number of morpholine rings is 1. The summed E-state index contributed by atoms with van der Waals surface area (Å²) in [6.45, 7) is 4.52. The van der Waals surface area contributed by atoms with Crippen LogP contribution in [0.15, 0.2) is 78.4 Å². The number of Topliss-reactive ketones (excluding diaryl/α,β-unsaturated/α-hetero) is 1. The van der Waals surface area contributed by atoms with Gasteiger partial charge in [-0.1, -0.05) is 42.5 Å². The number of methoxy groups -OCH3 is 2. The second kappa shape index (κ2) is 13.5. The Kier molecular flexibility index (Phi) is 9.41. The van der Waals surface area contributed by atoms with Crippen molar-refractivity contribution in [2.75, 3.05) is 53.6 Å². The van der Waals surface area contributed by atoms with Gasteiger partial charge in [0.25, 0.3) is 11.7 Å². The number of para-hydroxylation sites is 1. The molecule has 2 aliphatic heterocycles. The van der Waals surface area contributed by atoms with E-state index in [0.29, 0.717) is 61.2 Å². The summed E-state index contributed by atoms with van der Waals surface area (Å²) in [5.41, 5.74) is 2.01. The normalized spacial score (nSPS) is 18.7. The molecular weight excluding hydrogens is 536 g/mol. The quantitative estimate of drug-likeness (QED) is 0.205. The summed E-state index contributed by atoms with van der Waals surface area (Å²) in [5, 5.41) is 11.5. The summed E-state index contributed by atoms with van der Waals surface area (Å²) in [6.07, 6.45) is 0.656. The third kappa shape index (κ3) is 6.27. The van der Waals surface area contributed by atoms with E-state index in [4.69, 9.17) is 18.9 Å². The lowest BCUT2D eigenvalue weighted by atomic mass is 9.94. The van der Waals surface area contributed by atoms with E-state index >= 15 is 0 Å². The summed E-state index contributed by atoms with van der Waals surface area (Å²) in [6, 6.07) is 21.1. The van der Waals surface area contributed by atoms with Gasteiger partial charge < -0.3 is 29.0 Å². The summed E-state index contributed by atoms with van der Waals surface area (Å²) in [7, 11) is 3.04. The van der Waals surface area contributed by atoms with Crippen molar-refractivity contribution < 1.29 is 33.6 Å². The van der Waals surface area contributed by atoms with Crippen LogP contribution in [0.5, 0.6) is 17.2 Å². The monoisotopic (exact) mass is 572 g/mol. The summed E-state index contributed by atoms with van der Waals surface area (Å²) < 4.78 is 22.5. The van der Waals surface area contributed by atoms with Crippen molar-refractivity contribution in [3.05, 3.63) is 95.1 Å². The molecule has 9 heteroatoms. The van der Waals surface area contributed by atoms with E-state index in [1.165, 1.54) is 19.1 Å². The van der Waals surface area contributed by atoms with Gasteiger partial charge in [0.05, 0.1) is 39.0 Å². The Morgan fingerprint density at radius 3 is 2.33 bits per heavy atom. The van der Waals surface area contributed by atoms with Crippen molar-refractivity contribution in [2.24, 2.45) is 0 Å². The van der Waals surface area contributed by atoms with E-state index in [1.54, 1.807) is 42.5 Å². The van der Waals surface area contributed by atoms with Gasteiger partial charge in [0.1, 0.15) is 18.1 Å². The average Bonchev–Trinajstić information content (AvgIpc) is 3.29. The molecule has 2 heterocycles. The van der Waals surface area contributed by atoms with Crippen LogP contribution in [-0.2, 0) is 20.9 Å². The van der Waals surface area contributed by atoms with Gasteiger partial charge in [-0.25, -0.2) is 0 Å². The summed E-state index contributed by atoms with van der Waals surface area (Å²) in [4.78, 5) is 30.8. The first-order valence-electron chi connectivity index (χ1n) is 14.1. The number of ketones is 1. The van der Waals surface area contributed by atoms with Gasteiger partial charge in [-0.15, -0.1) is 0 Å². The second-order valence-electron chi connectivity index (χ2n) is 10.2. The maximum absolute atomic E-state index is 13.5. The Labute approximate surface area is 245 Å². The van der Waals surface area contributed by atoms with Crippen LogP contribution in [0.4, 0.5) is 0 Å². The lowest BCUT2D eigenvalue weighted by molar-refractivity contribution is -0.140. The molecule has 5 rings (SSSR count). The Morgan fingerprint density at radius 1 is 0.905 bits per heavy atom. The molecule has 0 bridgehead atoms. The SMILES string of the molecule is COc1cccc(C2/C(=C(\O)c3ccc(OCc4ccccc4)cc3)C(=O)C(=O)N2CCCN2CCOCC2)c1OC. The topological polar surface area (TPSA) is 97.8 Å². The minimum atomic E-state index is -0.853.